The normalized spacial score (nSPS) is 15.7. The summed E-state index contributed by atoms with van der Waals surface area (Å²) in [4.78, 5) is 17.3. The van der Waals surface area contributed by atoms with Crippen LogP contribution in [0.5, 0.6) is 0 Å². The van der Waals surface area contributed by atoms with Gasteiger partial charge in [-0.3, -0.25) is 4.57 Å². The maximum Gasteiger partial charge on any atom is 0.241 e. The zero-order valence-corrected chi connectivity index (χ0v) is 12.5. The van der Waals surface area contributed by atoms with Crippen LogP contribution in [0.4, 0.5) is 11.9 Å². The minimum Gasteiger partial charge on any atom is -0.354 e. The first-order chi connectivity index (χ1) is 10.2. The van der Waals surface area contributed by atoms with Gasteiger partial charge in [-0.2, -0.15) is 15.0 Å². The van der Waals surface area contributed by atoms with E-state index < -0.39 is 0 Å². The molecular weight excluding hydrogens is 266 g/mol. The molecule has 1 atom stereocenters. The second-order valence-electron chi connectivity index (χ2n) is 5.51. The van der Waals surface area contributed by atoms with Gasteiger partial charge in [0.15, 0.2) is 0 Å². The van der Waals surface area contributed by atoms with Gasteiger partial charge in [0.25, 0.3) is 0 Å². The minimum atomic E-state index is 0.366. The molecule has 0 amide bonds. The highest BCUT2D eigenvalue weighted by molar-refractivity contribution is 5.38. The van der Waals surface area contributed by atoms with E-state index in [-0.39, 0.29) is 0 Å². The molecule has 2 N–H and O–H groups in total. The molecule has 7 heteroatoms. The average Bonchev–Trinajstić information content (AvgIpc) is 3.08. The second kappa shape index (κ2) is 6.07. The van der Waals surface area contributed by atoms with Crippen LogP contribution in [0, 0.1) is 5.92 Å². The summed E-state index contributed by atoms with van der Waals surface area (Å²) in [6.07, 6.45) is 9.09. The van der Waals surface area contributed by atoms with E-state index in [1.54, 1.807) is 17.1 Å². The van der Waals surface area contributed by atoms with Crippen LogP contribution in [0.1, 0.15) is 33.1 Å². The van der Waals surface area contributed by atoms with Gasteiger partial charge in [-0.15, -0.1) is 0 Å². The Kier molecular flexibility index (Phi) is 3.98. The molecule has 2 aromatic rings. The number of nitrogens with zero attached hydrogens (tertiary/aromatic N) is 5. The molecule has 2 heterocycles. The summed E-state index contributed by atoms with van der Waals surface area (Å²) >= 11 is 0. The third-order valence-corrected chi connectivity index (χ3v) is 3.45. The maximum absolute atomic E-state index is 4.48. The molecule has 1 fully saturated rings. The molecule has 7 nitrogen and oxygen atoms in total. The standard InChI is InChI=1S/C14H21N7/c1-3-16-12-18-13(17-10(2)8-11-4-5-11)20-14(19-12)21-7-6-15-9-21/h6-7,9-11H,3-5,8H2,1-2H3,(H2,16,17,18,19,20). The van der Waals surface area contributed by atoms with Crippen LogP contribution in [0.25, 0.3) is 5.95 Å². The van der Waals surface area contributed by atoms with Crippen molar-refractivity contribution in [2.45, 2.75) is 39.2 Å². The summed E-state index contributed by atoms with van der Waals surface area (Å²) in [5, 5.41) is 6.52. The van der Waals surface area contributed by atoms with Gasteiger partial charge in [0, 0.05) is 25.0 Å². The van der Waals surface area contributed by atoms with E-state index >= 15 is 0 Å². The van der Waals surface area contributed by atoms with Crippen molar-refractivity contribution in [3.63, 3.8) is 0 Å². The van der Waals surface area contributed by atoms with E-state index in [2.05, 4.69) is 37.5 Å². The van der Waals surface area contributed by atoms with Gasteiger partial charge in [0.2, 0.25) is 17.8 Å². The molecular formula is C14H21N7. The number of anilines is 2. The third kappa shape index (κ3) is 3.68. The van der Waals surface area contributed by atoms with Crippen molar-refractivity contribution in [3.05, 3.63) is 18.7 Å². The summed E-state index contributed by atoms with van der Waals surface area (Å²) in [7, 11) is 0. The van der Waals surface area contributed by atoms with Crippen molar-refractivity contribution < 1.29 is 0 Å². The summed E-state index contributed by atoms with van der Waals surface area (Å²) in [5.41, 5.74) is 0. The molecule has 2 aromatic heterocycles. The Balaban J connectivity index is 1.80. The quantitative estimate of drug-likeness (QED) is 0.811. The molecule has 21 heavy (non-hydrogen) atoms. The van der Waals surface area contributed by atoms with E-state index in [0.29, 0.717) is 23.9 Å². The Morgan fingerprint density at radius 1 is 1.29 bits per heavy atom. The SMILES string of the molecule is CCNc1nc(NC(C)CC2CC2)nc(-n2ccnc2)n1. The monoisotopic (exact) mass is 287 g/mol. The van der Waals surface area contributed by atoms with Crippen molar-refractivity contribution in [3.8, 4) is 5.95 Å². The average molecular weight is 287 g/mol. The van der Waals surface area contributed by atoms with Crippen LogP contribution in [0.15, 0.2) is 18.7 Å². The lowest BCUT2D eigenvalue weighted by molar-refractivity contribution is 0.636. The Morgan fingerprint density at radius 3 is 2.76 bits per heavy atom. The second-order valence-corrected chi connectivity index (χ2v) is 5.51. The molecule has 112 valence electrons. The molecule has 1 saturated carbocycles. The van der Waals surface area contributed by atoms with E-state index in [1.165, 1.54) is 19.3 Å². The number of aromatic nitrogens is 5. The van der Waals surface area contributed by atoms with Crippen LogP contribution < -0.4 is 10.6 Å². The highest BCUT2D eigenvalue weighted by Gasteiger charge is 2.24. The van der Waals surface area contributed by atoms with Crippen molar-refractivity contribution >= 4 is 11.9 Å². The van der Waals surface area contributed by atoms with Crippen molar-refractivity contribution in [1.82, 2.24) is 24.5 Å². The predicted octanol–water partition coefficient (Wildman–Crippen LogP) is 2.09. The Hall–Kier alpha value is -2.18. The van der Waals surface area contributed by atoms with Crippen molar-refractivity contribution in [2.75, 3.05) is 17.2 Å². The summed E-state index contributed by atoms with van der Waals surface area (Å²) in [6.45, 7) is 4.96. The first-order valence-corrected chi connectivity index (χ1v) is 7.49. The van der Waals surface area contributed by atoms with Gasteiger partial charge in [-0.05, 0) is 26.2 Å². The molecule has 0 spiro atoms. The van der Waals surface area contributed by atoms with Crippen LogP contribution in [0.3, 0.4) is 0 Å². The van der Waals surface area contributed by atoms with E-state index in [4.69, 9.17) is 0 Å². The van der Waals surface area contributed by atoms with E-state index in [1.807, 2.05) is 13.1 Å². The first kappa shape index (κ1) is 13.8. The van der Waals surface area contributed by atoms with Crippen molar-refractivity contribution in [1.29, 1.82) is 0 Å². The van der Waals surface area contributed by atoms with Gasteiger partial charge in [-0.1, -0.05) is 12.8 Å². The Morgan fingerprint density at radius 2 is 2.10 bits per heavy atom. The number of nitrogens with one attached hydrogen (secondary N) is 2. The smallest absolute Gasteiger partial charge is 0.241 e. The summed E-state index contributed by atoms with van der Waals surface area (Å²) in [6, 6.07) is 0.366. The lowest BCUT2D eigenvalue weighted by Crippen LogP contribution is -2.19. The summed E-state index contributed by atoms with van der Waals surface area (Å²) < 4.78 is 1.78. The Bertz CT molecular complexity index is 577. The highest BCUT2D eigenvalue weighted by Crippen LogP contribution is 2.33. The number of imidazole rings is 1. The van der Waals surface area contributed by atoms with Crippen LogP contribution in [0.2, 0.25) is 0 Å². The molecule has 0 radical (unpaired) electrons. The van der Waals surface area contributed by atoms with Gasteiger partial charge in [-0.25, -0.2) is 4.98 Å². The lowest BCUT2D eigenvalue weighted by Gasteiger charge is -2.14. The Labute approximate surface area is 124 Å². The highest BCUT2D eigenvalue weighted by atomic mass is 15.3. The first-order valence-electron chi connectivity index (χ1n) is 7.49. The minimum absolute atomic E-state index is 0.366. The third-order valence-electron chi connectivity index (χ3n) is 3.45. The predicted molar refractivity (Wildman–Crippen MR) is 81.5 cm³/mol. The van der Waals surface area contributed by atoms with E-state index in [0.717, 1.165) is 12.5 Å². The summed E-state index contributed by atoms with van der Waals surface area (Å²) in [5.74, 6) is 2.63. The van der Waals surface area contributed by atoms with Crippen LogP contribution in [-0.4, -0.2) is 37.1 Å². The van der Waals surface area contributed by atoms with Crippen LogP contribution >= 0.6 is 0 Å². The topological polar surface area (TPSA) is 80.5 Å². The molecule has 0 bridgehead atoms. The zero-order chi connectivity index (χ0) is 14.7. The fraction of sp³-hybridized carbons (Fsp3) is 0.571. The molecule has 0 aromatic carbocycles. The number of rotatable bonds is 7. The maximum atomic E-state index is 4.48. The molecule has 1 aliphatic carbocycles. The fourth-order valence-electron chi connectivity index (χ4n) is 2.29. The number of hydrogen-bond donors (Lipinski definition) is 2. The van der Waals surface area contributed by atoms with Gasteiger partial charge < -0.3 is 10.6 Å². The molecule has 0 saturated heterocycles. The molecule has 1 unspecified atom stereocenters. The molecule has 1 aliphatic rings. The largest absolute Gasteiger partial charge is 0.354 e. The van der Waals surface area contributed by atoms with Gasteiger partial charge >= 0.3 is 0 Å². The molecule has 0 aliphatic heterocycles. The van der Waals surface area contributed by atoms with Gasteiger partial charge in [0.1, 0.15) is 6.33 Å². The van der Waals surface area contributed by atoms with E-state index in [9.17, 15) is 0 Å². The van der Waals surface area contributed by atoms with Crippen LogP contribution in [-0.2, 0) is 0 Å². The van der Waals surface area contributed by atoms with Gasteiger partial charge in [0.05, 0.1) is 0 Å². The lowest BCUT2D eigenvalue weighted by atomic mass is 10.2. The fourth-order valence-corrected chi connectivity index (χ4v) is 2.29. The van der Waals surface area contributed by atoms with Crippen molar-refractivity contribution in [2.24, 2.45) is 5.92 Å². The number of hydrogen-bond acceptors (Lipinski definition) is 6. The molecule has 3 rings (SSSR count). The zero-order valence-electron chi connectivity index (χ0n) is 12.5.